The molecule has 0 aliphatic carbocycles. The van der Waals surface area contributed by atoms with Crippen LogP contribution in [0, 0.1) is 0 Å². The molecule has 1 aromatic rings. The first-order valence-corrected chi connectivity index (χ1v) is 3.68. The van der Waals surface area contributed by atoms with Gasteiger partial charge in [0.05, 0.1) is 0 Å². The number of aryl methyl sites for hydroxylation is 2. The molecule has 1 rings (SSSR count). The standard InChI is InChI=1S/C7H12N2O/c1-3-5-7-6(4-2)8-10-9-7/h3-5H2,1-2H3. The fourth-order valence-corrected chi connectivity index (χ4v) is 0.920. The Kier molecular flexibility index (Phi) is 2.42. The Bertz CT molecular complexity index is 195. The minimum absolute atomic E-state index is 0.916. The molecule has 10 heavy (non-hydrogen) atoms. The van der Waals surface area contributed by atoms with Gasteiger partial charge in [-0.25, -0.2) is 4.63 Å². The highest BCUT2D eigenvalue weighted by Crippen LogP contribution is 2.05. The average molecular weight is 140 g/mol. The van der Waals surface area contributed by atoms with Crippen LogP contribution in [0.5, 0.6) is 0 Å². The summed E-state index contributed by atoms with van der Waals surface area (Å²) in [6.07, 6.45) is 2.99. The summed E-state index contributed by atoms with van der Waals surface area (Å²) in [7, 11) is 0. The Morgan fingerprint density at radius 3 is 2.50 bits per heavy atom. The van der Waals surface area contributed by atoms with E-state index in [0.29, 0.717) is 0 Å². The predicted molar refractivity (Wildman–Crippen MR) is 37.7 cm³/mol. The van der Waals surface area contributed by atoms with E-state index in [4.69, 9.17) is 0 Å². The molecule has 3 nitrogen and oxygen atoms in total. The van der Waals surface area contributed by atoms with Gasteiger partial charge in [0, 0.05) is 0 Å². The molecule has 1 heterocycles. The molecule has 0 aliphatic rings. The van der Waals surface area contributed by atoms with Crippen molar-refractivity contribution in [2.24, 2.45) is 0 Å². The van der Waals surface area contributed by atoms with E-state index in [1.807, 2.05) is 0 Å². The van der Waals surface area contributed by atoms with Gasteiger partial charge in [0.15, 0.2) is 0 Å². The molecule has 56 valence electrons. The lowest BCUT2D eigenvalue weighted by atomic mass is 10.2. The smallest absolute Gasteiger partial charge is 0.108 e. The van der Waals surface area contributed by atoms with Gasteiger partial charge in [-0.15, -0.1) is 0 Å². The average Bonchev–Trinajstić information content (AvgIpc) is 2.36. The van der Waals surface area contributed by atoms with E-state index in [2.05, 4.69) is 28.8 Å². The van der Waals surface area contributed by atoms with Crippen molar-refractivity contribution < 1.29 is 4.63 Å². The molecule has 0 aromatic carbocycles. The first-order valence-electron chi connectivity index (χ1n) is 3.68. The van der Waals surface area contributed by atoms with Crippen molar-refractivity contribution in [1.29, 1.82) is 0 Å². The normalized spacial score (nSPS) is 10.2. The topological polar surface area (TPSA) is 38.9 Å². The lowest BCUT2D eigenvalue weighted by Gasteiger charge is -1.89. The second-order valence-corrected chi connectivity index (χ2v) is 2.26. The molecule has 1 aromatic heterocycles. The molecule has 0 radical (unpaired) electrons. The van der Waals surface area contributed by atoms with E-state index in [9.17, 15) is 0 Å². The number of rotatable bonds is 3. The highest BCUT2D eigenvalue weighted by atomic mass is 16.6. The van der Waals surface area contributed by atoms with Crippen LogP contribution in [0.3, 0.4) is 0 Å². The Balaban J connectivity index is 2.70. The highest BCUT2D eigenvalue weighted by molar-refractivity contribution is 5.06. The van der Waals surface area contributed by atoms with Crippen LogP contribution in [0.1, 0.15) is 31.7 Å². The summed E-state index contributed by atoms with van der Waals surface area (Å²) in [5, 5.41) is 7.56. The maximum absolute atomic E-state index is 4.59. The summed E-state index contributed by atoms with van der Waals surface area (Å²) in [5.41, 5.74) is 2.02. The molecule has 0 bridgehead atoms. The van der Waals surface area contributed by atoms with Gasteiger partial charge < -0.3 is 0 Å². The molecule has 0 fully saturated rings. The number of hydrogen-bond donors (Lipinski definition) is 0. The Morgan fingerprint density at radius 2 is 1.90 bits per heavy atom. The molecular weight excluding hydrogens is 128 g/mol. The van der Waals surface area contributed by atoms with E-state index in [1.165, 1.54) is 0 Å². The van der Waals surface area contributed by atoms with Crippen LogP contribution in [-0.4, -0.2) is 10.3 Å². The fraction of sp³-hybridized carbons (Fsp3) is 0.714. The quantitative estimate of drug-likeness (QED) is 0.639. The van der Waals surface area contributed by atoms with Gasteiger partial charge in [0.2, 0.25) is 0 Å². The molecule has 0 N–H and O–H groups in total. The van der Waals surface area contributed by atoms with Crippen LogP contribution in [0.4, 0.5) is 0 Å². The summed E-state index contributed by atoms with van der Waals surface area (Å²) in [6, 6.07) is 0. The van der Waals surface area contributed by atoms with Crippen LogP contribution in [0.25, 0.3) is 0 Å². The molecular formula is C7H12N2O. The van der Waals surface area contributed by atoms with Crippen molar-refractivity contribution in [3.8, 4) is 0 Å². The van der Waals surface area contributed by atoms with Gasteiger partial charge in [-0.2, -0.15) is 0 Å². The van der Waals surface area contributed by atoms with Gasteiger partial charge in [-0.3, -0.25) is 0 Å². The summed E-state index contributed by atoms with van der Waals surface area (Å²) in [4.78, 5) is 0. The first kappa shape index (κ1) is 7.25. The van der Waals surface area contributed by atoms with Gasteiger partial charge in [0.25, 0.3) is 0 Å². The molecule has 0 atom stereocenters. The maximum atomic E-state index is 4.59. The second kappa shape index (κ2) is 3.34. The van der Waals surface area contributed by atoms with Crippen molar-refractivity contribution in [3.05, 3.63) is 11.4 Å². The third-order valence-corrected chi connectivity index (χ3v) is 1.46. The van der Waals surface area contributed by atoms with Crippen molar-refractivity contribution >= 4 is 0 Å². The SMILES string of the molecule is CCCc1nonc1CC. The Hall–Kier alpha value is -0.860. The Morgan fingerprint density at radius 1 is 1.20 bits per heavy atom. The maximum Gasteiger partial charge on any atom is 0.108 e. The van der Waals surface area contributed by atoms with Crippen molar-refractivity contribution in [3.63, 3.8) is 0 Å². The highest BCUT2D eigenvalue weighted by Gasteiger charge is 2.04. The van der Waals surface area contributed by atoms with Crippen molar-refractivity contribution in [2.75, 3.05) is 0 Å². The van der Waals surface area contributed by atoms with E-state index in [1.54, 1.807) is 0 Å². The van der Waals surface area contributed by atoms with Gasteiger partial charge in [0.1, 0.15) is 11.4 Å². The lowest BCUT2D eigenvalue weighted by Crippen LogP contribution is -1.89. The van der Waals surface area contributed by atoms with Crippen LogP contribution >= 0.6 is 0 Å². The second-order valence-electron chi connectivity index (χ2n) is 2.26. The zero-order valence-corrected chi connectivity index (χ0v) is 6.42. The zero-order chi connectivity index (χ0) is 7.40. The lowest BCUT2D eigenvalue weighted by molar-refractivity contribution is 0.300. The van der Waals surface area contributed by atoms with Gasteiger partial charge in [-0.05, 0) is 12.8 Å². The summed E-state index contributed by atoms with van der Waals surface area (Å²) >= 11 is 0. The van der Waals surface area contributed by atoms with Crippen LogP contribution < -0.4 is 0 Å². The van der Waals surface area contributed by atoms with E-state index >= 15 is 0 Å². The third kappa shape index (κ3) is 1.35. The largest absolute Gasteiger partial charge is 0.244 e. The molecule has 0 saturated heterocycles. The summed E-state index contributed by atoms with van der Waals surface area (Å²) < 4.78 is 4.59. The monoisotopic (exact) mass is 140 g/mol. The van der Waals surface area contributed by atoms with E-state index in [-0.39, 0.29) is 0 Å². The summed E-state index contributed by atoms with van der Waals surface area (Å²) in [6.45, 7) is 4.17. The third-order valence-electron chi connectivity index (χ3n) is 1.46. The molecule has 0 aliphatic heterocycles. The first-order chi connectivity index (χ1) is 4.88. The molecule has 0 unspecified atom stereocenters. The van der Waals surface area contributed by atoms with Crippen LogP contribution in [0.15, 0.2) is 4.63 Å². The van der Waals surface area contributed by atoms with Gasteiger partial charge >= 0.3 is 0 Å². The Labute approximate surface area is 60.4 Å². The molecule has 0 saturated carbocycles. The molecule has 0 spiro atoms. The van der Waals surface area contributed by atoms with Gasteiger partial charge in [-0.1, -0.05) is 30.6 Å². The number of aromatic nitrogens is 2. The van der Waals surface area contributed by atoms with Crippen molar-refractivity contribution in [1.82, 2.24) is 10.3 Å². The minimum Gasteiger partial charge on any atom is -0.244 e. The van der Waals surface area contributed by atoms with Crippen LogP contribution in [0.2, 0.25) is 0 Å². The number of hydrogen-bond acceptors (Lipinski definition) is 3. The zero-order valence-electron chi connectivity index (χ0n) is 6.42. The molecule has 0 amide bonds. The predicted octanol–water partition coefficient (Wildman–Crippen LogP) is 1.58. The van der Waals surface area contributed by atoms with Crippen molar-refractivity contribution in [2.45, 2.75) is 33.1 Å². The number of nitrogens with zero attached hydrogens (tertiary/aromatic N) is 2. The molecule has 3 heteroatoms. The van der Waals surface area contributed by atoms with E-state index in [0.717, 1.165) is 30.7 Å². The summed E-state index contributed by atoms with van der Waals surface area (Å²) in [5.74, 6) is 0. The van der Waals surface area contributed by atoms with E-state index < -0.39 is 0 Å². The minimum atomic E-state index is 0.916. The fourth-order valence-electron chi connectivity index (χ4n) is 0.920. The van der Waals surface area contributed by atoms with Crippen LogP contribution in [-0.2, 0) is 12.8 Å².